The second kappa shape index (κ2) is 9.51. The molecule has 9 aromatic rings. The maximum atomic E-state index is 5.03. The van der Waals surface area contributed by atoms with Crippen molar-refractivity contribution in [3.8, 4) is 34.2 Å². The Balaban J connectivity index is 1.34. The molecular weight excluding hydrogens is 545 g/mol. The van der Waals surface area contributed by atoms with Crippen molar-refractivity contribution in [1.29, 1.82) is 0 Å². The molecule has 0 unspecified atom stereocenters. The molecule has 43 heavy (non-hydrogen) atoms. The topological polar surface area (TPSA) is 51.6 Å². The Morgan fingerprint density at radius 2 is 0.930 bits per heavy atom. The first-order valence-electron chi connectivity index (χ1n) is 14.2. The van der Waals surface area contributed by atoms with Crippen LogP contribution in [0.25, 0.3) is 86.7 Å². The first-order valence-corrected chi connectivity index (χ1v) is 15.0. The summed E-state index contributed by atoms with van der Waals surface area (Å²) in [7, 11) is 0. The molecule has 0 spiro atoms. The van der Waals surface area contributed by atoms with Crippen LogP contribution >= 0.6 is 11.3 Å². The first-order chi connectivity index (χ1) is 21.3. The Kier molecular flexibility index (Phi) is 5.33. The number of thiophene rings is 1. The minimum Gasteiger partial charge on any atom is -0.265 e. The molecule has 0 N–H and O–H groups in total. The summed E-state index contributed by atoms with van der Waals surface area (Å²) in [6, 6.07) is 42.7. The summed E-state index contributed by atoms with van der Waals surface area (Å²) >= 11 is 1.80. The summed E-state index contributed by atoms with van der Waals surface area (Å²) in [5.74, 6) is 1.95. The third-order valence-corrected chi connectivity index (χ3v) is 9.41. The van der Waals surface area contributed by atoms with Crippen LogP contribution in [0.2, 0.25) is 0 Å². The van der Waals surface area contributed by atoms with Gasteiger partial charge >= 0.3 is 0 Å². The number of rotatable bonds is 3. The molecule has 0 saturated carbocycles. The van der Waals surface area contributed by atoms with Crippen molar-refractivity contribution < 1.29 is 0 Å². The third kappa shape index (κ3) is 3.83. The van der Waals surface area contributed by atoms with E-state index < -0.39 is 0 Å². The zero-order valence-electron chi connectivity index (χ0n) is 22.9. The third-order valence-electron chi connectivity index (χ3n) is 8.21. The van der Waals surface area contributed by atoms with Crippen LogP contribution in [-0.4, -0.2) is 19.9 Å². The van der Waals surface area contributed by atoms with Crippen LogP contribution in [0.15, 0.2) is 134 Å². The Labute approximate surface area is 251 Å². The normalized spacial score (nSPS) is 11.7. The molecule has 0 saturated heterocycles. The number of hydrogen-bond acceptors (Lipinski definition) is 5. The van der Waals surface area contributed by atoms with Crippen LogP contribution < -0.4 is 0 Å². The van der Waals surface area contributed by atoms with E-state index in [9.17, 15) is 0 Å². The summed E-state index contributed by atoms with van der Waals surface area (Å²) in [6.07, 6.45) is 3.54. The zero-order chi connectivity index (χ0) is 28.3. The molecule has 200 valence electrons. The van der Waals surface area contributed by atoms with Crippen LogP contribution in [0, 0.1) is 0 Å². The fourth-order valence-corrected chi connectivity index (χ4v) is 7.45. The fraction of sp³-hybridized carbons (Fsp3) is 0. The van der Waals surface area contributed by atoms with Gasteiger partial charge in [-0.15, -0.1) is 11.3 Å². The van der Waals surface area contributed by atoms with Gasteiger partial charge < -0.3 is 0 Å². The SMILES string of the molecule is c1ccc(-c2nc(-c3ccncc3)nc(-c3cccc4c3sc3cc5c6ccccc6c6ccccc6c5cc34)n2)cc1. The van der Waals surface area contributed by atoms with Gasteiger partial charge in [0, 0.05) is 49.3 Å². The molecule has 3 heterocycles. The van der Waals surface area contributed by atoms with Crippen LogP contribution in [0.1, 0.15) is 0 Å². The molecule has 0 fully saturated rings. The number of benzene rings is 6. The lowest BCUT2D eigenvalue weighted by Crippen LogP contribution is -2.00. The average Bonchev–Trinajstić information content (AvgIpc) is 3.46. The fourth-order valence-electron chi connectivity index (χ4n) is 6.21. The van der Waals surface area contributed by atoms with E-state index in [0.717, 1.165) is 16.7 Å². The second-order valence-electron chi connectivity index (χ2n) is 10.7. The monoisotopic (exact) mass is 566 g/mol. The molecule has 0 aliphatic rings. The van der Waals surface area contributed by atoms with Crippen LogP contribution in [-0.2, 0) is 0 Å². The molecule has 0 aliphatic carbocycles. The first kappa shape index (κ1) is 24.1. The van der Waals surface area contributed by atoms with E-state index in [1.54, 1.807) is 23.7 Å². The number of pyridine rings is 1. The van der Waals surface area contributed by atoms with E-state index in [2.05, 4.69) is 83.8 Å². The predicted molar refractivity (Wildman–Crippen MR) is 179 cm³/mol. The molecule has 3 aromatic heterocycles. The number of fused-ring (bicyclic) bond motifs is 9. The maximum Gasteiger partial charge on any atom is 0.165 e. The highest BCUT2D eigenvalue weighted by Gasteiger charge is 2.18. The van der Waals surface area contributed by atoms with Crippen LogP contribution in [0.4, 0.5) is 0 Å². The van der Waals surface area contributed by atoms with Crippen molar-refractivity contribution in [1.82, 2.24) is 19.9 Å². The standard InChI is InChI=1S/C38H22N4S/c1-2-9-23(10-3-1)36-40-37(24-17-19-39-20-18-24)42-38(41-36)30-16-8-15-29-33-21-31-27-13-6-4-11-25(27)26-12-5-7-14-28(26)32(31)22-34(33)43-35(29)30/h1-22H. The summed E-state index contributed by atoms with van der Waals surface area (Å²) in [5.41, 5.74) is 2.87. The maximum absolute atomic E-state index is 5.03. The van der Waals surface area contributed by atoms with Gasteiger partial charge in [-0.1, -0.05) is 91.0 Å². The van der Waals surface area contributed by atoms with Gasteiger partial charge in [-0.25, -0.2) is 15.0 Å². The van der Waals surface area contributed by atoms with Crippen molar-refractivity contribution in [2.75, 3.05) is 0 Å². The second-order valence-corrected chi connectivity index (χ2v) is 11.7. The summed E-state index contributed by atoms with van der Waals surface area (Å²) < 4.78 is 2.43. The Morgan fingerprint density at radius 1 is 0.395 bits per heavy atom. The summed E-state index contributed by atoms with van der Waals surface area (Å²) in [5, 5.41) is 10.1. The van der Waals surface area contributed by atoms with Crippen molar-refractivity contribution in [2.45, 2.75) is 0 Å². The summed E-state index contributed by atoms with van der Waals surface area (Å²) in [4.78, 5) is 19.1. The smallest absolute Gasteiger partial charge is 0.165 e. The lowest BCUT2D eigenvalue weighted by Gasteiger charge is -2.10. The van der Waals surface area contributed by atoms with Crippen molar-refractivity contribution in [2.24, 2.45) is 0 Å². The largest absolute Gasteiger partial charge is 0.265 e. The van der Waals surface area contributed by atoms with E-state index in [1.165, 1.54) is 52.5 Å². The predicted octanol–water partition coefficient (Wildman–Crippen LogP) is 10.1. The van der Waals surface area contributed by atoms with Gasteiger partial charge in [-0.2, -0.15) is 0 Å². The van der Waals surface area contributed by atoms with E-state index in [0.29, 0.717) is 17.5 Å². The molecule has 0 bridgehead atoms. The quantitative estimate of drug-likeness (QED) is 0.200. The van der Waals surface area contributed by atoms with Gasteiger partial charge in [0.25, 0.3) is 0 Å². The minimum atomic E-state index is 0.632. The molecule has 0 amide bonds. The number of nitrogens with zero attached hydrogens (tertiary/aromatic N) is 4. The van der Waals surface area contributed by atoms with E-state index in [4.69, 9.17) is 15.0 Å². The highest BCUT2D eigenvalue weighted by molar-refractivity contribution is 7.26. The van der Waals surface area contributed by atoms with Crippen LogP contribution in [0.5, 0.6) is 0 Å². The molecule has 5 heteroatoms. The lowest BCUT2D eigenvalue weighted by molar-refractivity contribution is 1.07. The van der Waals surface area contributed by atoms with Crippen molar-refractivity contribution in [3.05, 3.63) is 134 Å². The lowest BCUT2D eigenvalue weighted by atomic mass is 9.93. The number of hydrogen-bond donors (Lipinski definition) is 0. The Morgan fingerprint density at radius 3 is 1.60 bits per heavy atom. The van der Waals surface area contributed by atoms with Gasteiger partial charge in [0.15, 0.2) is 17.5 Å². The Hall–Kier alpha value is -5.52. The molecule has 4 nitrogen and oxygen atoms in total. The highest BCUT2D eigenvalue weighted by Crippen LogP contribution is 2.44. The molecule has 6 aromatic carbocycles. The van der Waals surface area contributed by atoms with Crippen LogP contribution in [0.3, 0.4) is 0 Å². The Bertz CT molecular complexity index is 2450. The molecular formula is C38H22N4S. The van der Waals surface area contributed by atoms with Gasteiger partial charge in [-0.05, 0) is 62.6 Å². The van der Waals surface area contributed by atoms with Crippen molar-refractivity contribution in [3.63, 3.8) is 0 Å². The highest BCUT2D eigenvalue weighted by atomic mass is 32.1. The van der Waals surface area contributed by atoms with Gasteiger partial charge in [-0.3, -0.25) is 4.98 Å². The van der Waals surface area contributed by atoms with Crippen molar-refractivity contribution >= 4 is 63.8 Å². The molecule has 0 radical (unpaired) electrons. The van der Waals surface area contributed by atoms with E-state index in [1.807, 2.05) is 42.5 Å². The molecule has 9 rings (SSSR count). The summed E-state index contributed by atoms with van der Waals surface area (Å²) in [6.45, 7) is 0. The van der Waals surface area contributed by atoms with E-state index in [-0.39, 0.29) is 0 Å². The average molecular weight is 567 g/mol. The molecule has 0 aliphatic heterocycles. The van der Waals surface area contributed by atoms with Gasteiger partial charge in [0.05, 0.1) is 0 Å². The number of aromatic nitrogens is 4. The van der Waals surface area contributed by atoms with Gasteiger partial charge in [0.2, 0.25) is 0 Å². The van der Waals surface area contributed by atoms with Gasteiger partial charge in [0.1, 0.15) is 0 Å². The molecule has 0 atom stereocenters. The zero-order valence-corrected chi connectivity index (χ0v) is 23.7. The van der Waals surface area contributed by atoms with E-state index >= 15 is 0 Å². The minimum absolute atomic E-state index is 0.632.